The monoisotopic (exact) mass is 473 g/mol. The van der Waals surface area contributed by atoms with Gasteiger partial charge in [0.2, 0.25) is 5.65 Å². The molecule has 1 atom stereocenters. The van der Waals surface area contributed by atoms with Crippen molar-refractivity contribution in [2.24, 2.45) is 10.9 Å². The van der Waals surface area contributed by atoms with Crippen LogP contribution >= 0.6 is 0 Å². The summed E-state index contributed by atoms with van der Waals surface area (Å²) in [5.74, 6) is 1.37. The quantitative estimate of drug-likeness (QED) is 0.585. The Morgan fingerprint density at radius 1 is 1.26 bits per heavy atom. The van der Waals surface area contributed by atoms with Gasteiger partial charge in [-0.1, -0.05) is 18.2 Å². The smallest absolute Gasteiger partial charge is 0.486 e. The van der Waals surface area contributed by atoms with Crippen molar-refractivity contribution >= 4 is 23.4 Å². The summed E-state index contributed by atoms with van der Waals surface area (Å²) in [6.45, 7) is 2.54. The molecule has 0 aliphatic carbocycles. The summed E-state index contributed by atoms with van der Waals surface area (Å²) >= 11 is 0. The Balaban J connectivity index is 1.50. The van der Waals surface area contributed by atoms with Crippen LogP contribution in [0, 0.1) is 5.92 Å². The van der Waals surface area contributed by atoms with Gasteiger partial charge in [-0.3, -0.25) is 4.99 Å². The molecule has 0 fully saturated rings. The number of hydrogen-bond donors (Lipinski definition) is 1. The minimum atomic E-state index is -4.79. The first-order chi connectivity index (χ1) is 16.4. The molecule has 0 amide bonds. The summed E-state index contributed by atoms with van der Waals surface area (Å²) in [4.78, 5) is 6.32. The highest BCUT2D eigenvalue weighted by Gasteiger charge is 2.31. The maximum absolute atomic E-state index is 12.7. The lowest BCUT2D eigenvalue weighted by molar-refractivity contribution is -0.274. The standard InChI is InChI=1S/C22H22F3N7O2/c1-31-10-11-33-18-17(31)19(27-9-7-14-4-3-8-26-13-14)30-32-20(28-29-21(18)32)15-5-2-6-16(12-15)34-22(23,24)25/h2-6,8,12,14H,7,9-11,13H2,1H3,(H,27,30). The Hall–Kier alpha value is -3.83. The Morgan fingerprint density at radius 3 is 2.94 bits per heavy atom. The van der Waals surface area contributed by atoms with E-state index in [9.17, 15) is 13.2 Å². The number of aromatic nitrogens is 4. The van der Waals surface area contributed by atoms with Gasteiger partial charge in [-0.15, -0.1) is 28.5 Å². The zero-order valence-electron chi connectivity index (χ0n) is 18.3. The maximum Gasteiger partial charge on any atom is 0.573 e. The van der Waals surface area contributed by atoms with Gasteiger partial charge in [0.1, 0.15) is 18.0 Å². The second-order valence-electron chi connectivity index (χ2n) is 8.01. The van der Waals surface area contributed by atoms with E-state index in [1.165, 1.54) is 22.7 Å². The van der Waals surface area contributed by atoms with Gasteiger partial charge in [-0.05, 0) is 30.5 Å². The SMILES string of the molecule is CN1CCOc2c1c(NCCC1C=CC=NC1)nn1c(-c3cccc(OC(F)(F)F)c3)nnc21. The van der Waals surface area contributed by atoms with Crippen LogP contribution in [0.2, 0.25) is 0 Å². The molecular formula is C22H22F3N7O2. The molecule has 1 unspecified atom stereocenters. The number of hydrogen-bond acceptors (Lipinski definition) is 8. The van der Waals surface area contributed by atoms with E-state index < -0.39 is 6.36 Å². The number of dihydropyridines is 1. The second-order valence-corrected chi connectivity index (χ2v) is 8.01. The third-order valence-electron chi connectivity index (χ3n) is 5.59. The third kappa shape index (κ3) is 4.47. The summed E-state index contributed by atoms with van der Waals surface area (Å²) in [5.41, 5.74) is 1.53. The summed E-state index contributed by atoms with van der Waals surface area (Å²) < 4.78 is 49.5. The van der Waals surface area contributed by atoms with Gasteiger partial charge in [0, 0.05) is 31.9 Å². The average molecular weight is 473 g/mol. The van der Waals surface area contributed by atoms with Crippen LogP contribution in [0.3, 0.4) is 0 Å². The number of aliphatic imine (C=N–C) groups is 1. The van der Waals surface area contributed by atoms with Crippen LogP contribution in [-0.2, 0) is 0 Å². The van der Waals surface area contributed by atoms with Crippen molar-refractivity contribution in [1.29, 1.82) is 0 Å². The number of halogens is 3. The predicted octanol–water partition coefficient (Wildman–Crippen LogP) is 3.58. The molecule has 4 heterocycles. The lowest BCUT2D eigenvalue weighted by atomic mass is 10.0. The number of alkyl halides is 3. The fraction of sp³-hybridized carbons (Fsp3) is 0.364. The van der Waals surface area contributed by atoms with Crippen molar-refractivity contribution in [3.63, 3.8) is 0 Å². The molecular weight excluding hydrogens is 451 g/mol. The van der Waals surface area contributed by atoms with Crippen LogP contribution in [0.25, 0.3) is 17.0 Å². The Labute approximate surface area is 192 Å². The molecule has 2 aromatic heterocycles. The molecule has 1 aromatic carbocycles. The summed E-state index contributed by atoms with van der Waals surface area (Å²) in [6, 6.07) is 5.56. The molecule has 1 N–H and O–H groups in total. The Bertz CT molecular complexity index is 1260. The second kappa shape index (κ2) is 8.84. The molecule has 5 rings (SSSR count). The first kappa shape index (κ1) is 22.0. The number of likely N-dealkylation sites (N-methyl/N-ethyl adjacent to an activating group) is 1. The van der Waals surface area contributed by atoms with Crippen LogP contribution in [-0.4, -0.2) is 65.7 Å². The molecule has 0 saturated carbocycles. The van der Waals surface area contributed by atoms with Crippen molar-refractivity contribution < 1.29 is 22.6 Å². The van der Waals surface area contributed by atoms with E-state index in [2.05, 4.69) is 31.3 Å². The molecule has 12 heteroatoms. The highest BCUT2D eigenvalue weighted by molar-refractivity contribution is 5.82. The van der Waals surface area contributed by atoms with E-state index in [0.717, 1.165) is 18.7 Å². The van der Waals surface area contributed by atoms with Gasteiger partial charge in [-0.2, -0.15) is 4.52 Å². The van der Waals surface area contributed by atoms with E-state index in [-0.39, 0.29) is 11.6 Å². The molecule has 0 bridgehead atoms. The molecule has 0 saturated heterocycles. The number of nitrogens with zero attached hydrogens (tertiary/aromatic N) is 6. The minimum absolute atomic E-state index is 0.273. The van der Waals surface area contributed by atoms with E-state index >= 15 is 0 Å². The average Bonchev–Trinajstić information content (AvgIpc) is 3.23. The van der Waals surface area contributed by atoms with Crippen molar-refractivity contribution in [1.82, 2.24) is 19.8 Å². The first-order valence-corrected chi connectivity index (χ1v) is 10.8. The summed E-state index contributed by atoms with van der Waals surface area (Å²) in [7, 11) is 1.94. The highest BCUT2D eigenvalue weighted by atomic mass is 19.4. The number of ether oxygens (including phenoxy) is 2. The summed E-state index contributed by atoms with van der Waals surface area (Å²) in [5, 5.41) is 16.5. The number of anilines is 2. The molecule has 9 nitrogen and oxygen atoms in total. The number of benzene rings is 1. The number of fused-ring (bicyclic) bond motifs is 3. The van der Waals surface area contributed by atoms with Gasteiger partial charge in [0.25, 0.3) is 0 Å². The van der Waals surface area contributed by atoms with Crippen LogP contribution in [0.5, 0.6) is 11.5 Å². The van der Waals surface area contributed by atoms with Gasteiger partial charge in [0.15, 0.2) is 17.4 Å². The number of allylic oxidation sites excluding steroid dienone is 1. The third-order valence-corrected chi connectivity index (χ3v) is 5.59. The fourth-order valence-corrected chi connectivity index (χ4v) is 3.98. The van der Waals surface area contributed by atoms with Crippen molar-refractivity contribution in [3.05, 3.63) is 36.4 Å². The Kier molecular flexibility index (Phi) is 5.72. The topological polar surface area (TPSA) is 89.2 Å². The molecule has 178 valence electrons. The normalized spacial score (nSPS) is 17.5. The van der Waals surface area contributed by atoms with Gasteiger partial charge < -0.3 is 19.7 Å². The molecule has 0 spiro atoms. The van der Waals surface area contributed by atoms with Crippen molar-refractivity contribution in [2.45, 2.75) is 12.8 Å². The first-order valence-electron chi connectivity index (χ1n) is 10.8. The lowest BCUT2D eigenvalue weighted by Gasteiger charge is -2.29. The molecule has 34 heavy (non-hydrogen) atoms. The van der Waals surface area contributed by atoms with Gasteiger partial charge in [-0.25, -0.2) is 0 Å². The molecule has 2 aliphatic rings. The van der Waals surface area contributed by atoms with E-state index in [0.29, 0.717) is 48.4 Å². The lowest BCUT2D eigenvalue weighted by Crippen LogP contribution is -2.31. The van der Waals surface area contributed by atoms with E-state index in [4.69, 9.17) is 9.84 Å². The Morgan fingerprint density at radius 2 is 2.15 bits per heavy atom. The molecule has 3 aromatic rings. The molecule has 0 radical (unpaired) electrons. The van der Waals surface area contributed by atoms with Crippen molar-refractivity contribution in [3.8, 4) is 22.9 Å². The van der Waals surface area contributed by atoms with Crippen LogP contribution in [0.1, 0.15) is 6.42 Å². The number of rotatable bonds is 6. The van der Waals surface area contributed by atoms with E-state index in [1.807, 2.05) is 18.0 Å². The van der Waals surface area contributed by atoms with Gasteiger partial charge in [0.05, 0.1) is 6.54 Å². The van der Waals surface area contributed by atoms with Crippen LogP contribution in [0.4, 0.5) is 24.7 Å². The fourth-order valence-electron chi connectivity index (χ4n) is 3.98. The van der Waals surface area contributed by atoms with Crippen molar-refractivity contribution in [2.75, 3.05) is 43.5 Å². The van der Waals surface area contributed by atoms with E-state index in [1.54, 1.807) is 12.3 Å². The van der Waals surface area contributed by atoms with Gasteiger partial charge >= 0.3 is 6.36 Å². The maximum atomic E-state index is 12.7. The number of nitrogens with one attached hydrogen (secondary N) is 1. The zero-order chi connectivity index (χ0) is 23.7. The van der Waals surface area contributed by atoms with Crippen LogP contribution in [0.15, 0.2) is 41.4 Å². The zero-order valence-corrected chi connectivity index (χ0v) is 18.3. The summed E-state index contributed by atoms with van der Waals surface area (Å²) in [6.07, 6.45) is 1.94. The minimum Gasteiger partial charge on any atom is -0.486 e. The largest absolute Gasteiger partial charge is 0.573 e. The molecule has 2 aliphatic heterocycles. The predicted molar refractivity (Wildman–Crippen MR) is 121 cm³/mol. The highest BCUT2D eigenvalue weighted by Crippen LogP contribution is 2.40. The van der Waals surface area contributed by atoms with Crippen LogP contribution < -0.4 is 19.7 Å².